The molecule has 25 heavy (non-hydrogen) atoms. The molecule has 0 amide bonds. The van der Waals surface area contributed by atoms with Gasteiger partial charge in [-0.25, -0.2) is 0 Å². The number of hydrogen-bond donors (Lipinski definition) is 1. The van der Waals surface area contributed by atoms with Crippen LogP contribution in [0.15, 0.2) is 24.3 Å². The number of hydrogen-bond acceptors (Lipinski definition) is 2. The predicted octanol–water partition coefficient (Wildman–Crippen LogP) is 7.30. The van der Waals surface area contributed by atoms with Gasteiger partial charge in [0.05, 0.1) is 18.8 Å². The minimum Gasteiger partial charge on any atom is -0.393 e. The molecule has 0 aliphatic heterocycles. The maximum absolute atomic E-state index is 8.78. The molecule has 0 spiro atoms. The normalized spacial score (nSPS) is 12.2. The first-order valence-electron chi connectivity index (χ1n) is 9.85. The second-order valence-corrected chi connectivity index (χ2v) is 7.28. The quantitative estimate of drug-likeness (QED) is 0.220. The highest BCUT2D eigenvalue weighted by Gasteiger charge is 2.00. The molecule has 0 rings (SSSR count). The number of alkyl halides is 1. The van der Waals surface area contributed by atoms with E-state index >= 15 is 0 Å². The fraction of sp³-hybridized carbons (Fsp3) is 0.818. The summed E-state index contributed by atoms with van der Waals surface area (Å²) < 4.78 is 5.55. The van der Waals surface area contributed by atoms with E-state index in [1.807, 2.05) is 20.8 Å². The Labute approximate surface area is 163 Å². The molecule has 0 saturated carbocycles. The Balaban J connectivity index is -0.000000321. The SMILES string of the molecule is C=C(C)CCl.C=C(C)COC(C)CCCCC.CCCCCC(C)O. The minimum absolute atomic E-state index is 0.0958. The van der Waals surface area contributed by atoms with Crippen molar-refractivity contribution < 1.29 is 9.84 Å². The maximum Gasteiger partial charge on any atom is 0.0675 e. The molecule has 0 aliphatic carbocycles. The lowest BCUT2D eigenvalue weighted by Gasteiger charge is -2.12. The molecule has 0 radical (unpaired) electrons. The molecule has 2 nitrogen and oxygen atoms in total. The van der Waals surface area contributed by atoms with Crippen molar-refractivity contribution in [1.82, 2.24) is 0 Å². The van der Waals surface area contributed by atoms with Crippen LogP contribution in [0.4, 0.5) is 0 Å². The summed E-state index contributed by atoms with van der Waals surface area (Å²) in [7, 11) is 0. The summed E-state index contributed by atoms with van der Waals surface area (Å²) >= 11 is 5.24. The number of aliphatic hydroxyl groups excluding tert-OH is 1. The van der Waals surface area contributed by atoms with Gasteiger partial charge in [0, 0.05) is 5.88 Å². The first-order chi connectivity index (χ1) is 11.7. The van der Waals surface area contributed by atoms with E-state index in [1.54, 1.807) is 0 Å². The molecule has 0 aromatic carbocycles. The summed E-state index contributed by atoms with van der Waals surface area (Å²) in [5.41, 5.74) is 2.13. The second-order valence-electron chi connectivity index (χ2n) is 7.01. The average molecular weight is 377 g/mol. The Morgan fingerprint density at radius 1 is 0.920 bits per heavy atom. The molecule has 2 unspecified atom stereocenters. The lowest BCUT2D eigenvalue weighted by molar-refractivity contribution is 0.0754. The monoisotopic (exact) mass is 376 g/mol. The van der Waals surface area contributed by atoms with Gasteiger partial charge in [-0.05, 0) is 40.5 Å². The van der Waals surface area contributed by atoms with Gasteiger partial charge in [0.2, 0.25) is 0 Å². The Morgan fingerprint density at radius 2 is 1.36 bits per heavy atom. The average Bonchev–Trinajstić information content (AvgIpc) is 2.54. The third-order valence-corrected chi connectivity index (χ3v) is 3.74. The van der Waals surface area contributed by atoms with E-state index in [-0.39, 0.29) is 6.10 Å². The fourth-order valence-electron chi connectivity index (χ4n) is 1.74. The number of rotatable bonds is 12. The number of aliphatic hydroxyl groups is 1. The van der Waals surface area contributed by atoms with Crippen molar-refractivity contribution in [3.8, 4) is 0 Å². The molecule has 2 atom stereocenters. The maximum atomic E-state index is 8.78. The lowest BCUT2D eigenvalue weighted by atomic mass is 10.1. The van der Waals surface area contributed by atoms with Crippen LogP contribution < -0.4 is 0 Å². The van der Waals surface area contributed by atoms with Gasteiger partial charge in [-0.3, -0.25) is 0 Å². The van der Waals surface area contributed by atoms with Crippen molar-refractivity contribution in [3.63, 3.8) is 0 Å². The van der Waals surface area contributed by atoms with Crippen LogP contribution in [0.3, 0.4) is 0 Å². The third-order valence-electron chi connectivity index (χ3n) is 3.28. The highest BCUT2D eigenvalue weighted by atomic mass is 35.5. The zero-order chi connectivity index (χ0) is 20.1. The molecule has 1 N–H and O–H groups in total. The van der Waals surface area contributed by atoms with E-state index in [2.05, 4.69) is 33.9 Å². The molecule has 0 bridgehead atoms. The van der Waals surface area contributed by atoms with Crippen LogP contribution in [-0.4, -0.2) is 29.8 Å². The molecule has 0 fully saturated rings. The number of allylic oxidation sites excluding steroid dienone is 1. The van der Waals surface area contributed by atoms with Gasteiger partial charge >= 0.3 is 0 Å². The van der Waals surface area contributed by atoms with Crippen LogP contribution in [0.5, 0.6) is 0 Å². The van der Waals surface area contributed by atoms with Crippen LogP contribution in [0.1, 0.15) is 92.9 Å². The van der Waals surface area contributed by atoms with Crippen molar-refractivity contribution in [3.05, 3.63) is 24.3 Å². The minimum atomic E-state index is -0.0958. The molecule has 0 heterocycles. The van der Waals surface area contributed by atoms with Gasteiger partial charge in [-0.2, -0.15) is 0 Å². The van der Waals surface area contributed by atoms with Crippen molar-refractivity contribution in [2.24, 2.45) is 0 Å². The van der Waals surface area contributed by atoms with Gasteiger partial charge in [0.25, 0.3) is 0 Å². The number of halogens is 1. The molecular weight excluding hydrogens is 332 g/mol. The highest BCUT2D eigenvalue weighted by Crippen LogP contribution is 2.06. The van der Waals surface area contributed by atoms with Gasteiger partial charge in [0.15, 0.2) is 0 Å². The van der Waals surface area contributed by atoms with Gasteiger partial charge in [-0.1, -0.05) is 76.7 Å². The van der Waals surface area contributed by atoms with Crippen molar-refractivity contribution in [2.45, 2.75) is 105 Å². The second kappa shape index (κ2) is 23.7. The van der Waals surface area contributed by atoms with Crippen molar-refractivity contribution in [1.29, 1.82) is 0 Å². The predicted molar refractivity (Wildman–Crippen MR) is 116 cm³/mol. The Bertz CT molecular complexity index is 288. The largest absolute Gasteiger partial charge is 0.393 e. The Kier molecular flexibility index (Phi) is 27.9. The standard InChI is InChI=1S/C11H22O.C7H16O.C4H7Cl/c1-5-6-7-8-11(4)12-9-10(2)3;1-3-4-5-6-7(2)8;1-4(2)3-5/h11H,2,5-9H2,1,3-4H3;7-8H,3-6H2,1-2H3;1,3H2,2H3. The van der Waals surface area contributed by atoms with Crippen LogP contribution in [0, 0.1) is 0 Å². The van der Waals surface area contributed by atoms with Crippen LogP contribution in [0.2, 0.25) is 0 Å². The molecule has 0 aromatic heterocycles. The van der Waals surface area contributed by atoms with E-state index in [0.717, 1.165) is 17.6 Å². The van der Waals surface area contributed by atoms with Crippen molar-refractivity contribution >= 4 is 11.6 Å². The topological polar surface area (TPSA) is 29.5 Å². The summed E-state index contributed by atoms with van der Waals surface area (Å²) in [6.45, 7) is 20.3. The summed E-state index contributed by atoms with van der Waals surface area (Å²) in [6.07, 6.45) is 10.0. The highest BCUT2D eigenvalue weighted by molar-refractivity contribution is 6.19. The third kappa shape index (κ3) is 40.0. The van der Waals surface area contributed by atoms with E-state index < -0.39 is 0 Å². The van der Waals surface area contributed by atoms with E-state index in [1.165, 1.54) is 44.9 Å². The van der Waals surface area contributed by atoms with Gasteiger partial charge in [0.1, 0.15) is 0 Å². The zero-order valence-electron chi connectivity index (χ0n) is 17.9. The molecular formula is C22H45ClO2. The van der Waals surface area contributed by atoms with E-state index in [9.17, 15) is 0 Å². The summed E-state index contributed by atoms with van der Waals surface area (Å²) in [4.78, 5) is 0. The van der Waals surface area contributed by atoms with Crippen LogP contribution >= 0.6 is 11.6 Å². The van der Waals surface area contributed by atoms with Crippen LogP contribution in [-0.2, 0) is 4.74 Å². The smallest absolute Gasteiger partial charge is 0.0675 e. The molecule has 0 aromatic rings. The van der Waals surface area contributed by atoms with E-state index in [0.29, 0.717) is 18.6 Å². The molecule has 152 valence electrons. The molecule has 0 aliphatic rings. The Hall–Kier alpha value is -0.310. The summed E-state index contributed by atoms with van der Waals surface area (Å²) in [5.74, 6) is 0.583. The zero-order valence-corrected chi connectivity index (χ0v) is 18.6. The fourth-order valence-corrected chi connectivity index (χ4v) is 1.74. The summed E-state index contributed by atoms with van der Waals surface area (Å²) in [6, 6.07) is 0. The lowest BCUT2D eigenvalue weighted by Crippen LogP contribution is -2.09. The van der Waals surface area contributed by atoms with Crippen LogP contribution in [0.25, 0.3) is 0 Å². The van der Waals surface area contributed by atoms with Crippen molar-refractivity contribution in [2.75, 3.05) is 12.5 Å². The number of unbranched alkanes of at least 4 members (excludes halogenated alkanes) is 4. The van der Waals surface area contributed by atoms with Gasteiger partial charge in [-0.15, -0.1) is 11.6 Å². The van der Waals surface area contributed by atoms with Gasteiger partial charge < -0.3 is 9.84 Å². The Morgan fingerprint density at radius 3 is 1.68 bits per heavy atom. The van der Waals surface area contributed by atoms with E-state index in [4.69, 9.17) is 21.4 Å². The molecule has 0 saturated heterocycles. The first-order valence-corrected chi connectivity index (χ1v) is 10.4. The molecule has 3 heteroatoms. The number of ether oxygens (including phenoxy) is 1. The summed E-state index contributed by atoms with van der Waals surface area (Å²) in [5, 5.41) is 8.78. The first kappa shape index (κ1) is 29.5.